The van der Waals surface area contributed by atoms with Gasteiger partial charge in [-0.15, -0.1) is 0 Å². The molecule has 0 unspecified atom stereocenters. The van der Waals surface area contributed by atoms with E-state index < -0.39 is 51.0 Å². The minimum absolute atomic E-state index is 0.0316. The number of allylic oxidation sites excluding steroid dienone is 1. The van der Waals surface area contributed by atoms with Gasteiger partial charge in [-0.25, -0.2) is 9.59 Å². The van der Waals surface area contributed by atoms with Crippen molar-refractivity contribution < 1.29 is 33.7 Å². The molecule has 14 nitrogen and oxygen atoms in total. The molecular formula is C25H24BrN5O9. The van der Waals surface area contributed by atoms with Crippen molar-refractivity contribution in [3.63, 3.8) is 0 Å². The van der Waals surface area contributed by atoms with Gasteiger partial charge < -0.3 is 9.47 Å². The number of carbonyl (C=O) groups excluding carboxylic acids is 3. The van der Waals surface area contributed by atoms with Crippen LogP contribution in [0.3, 0.4) is 0 Å². The Labute approximate surface area is 236 Å². The number of esters is 2. The third-order valence-electron chi connectivity index (χ3n) is 5.75. The molecule has 1 amide bonds. The number of carbonyl (C=O) groups is 3. The average molecular weight is 618 g/mol. The zero-order chi connectivity index (χ0) is 29.6. The van der Waals surface area contributed by atoms with Gasteiger partial charge in [0.2, 0.25) is 11.4 Å². The van der Waals surface area contributed by atoms with E-state index in [1.165, 1.54) is 26.8 Å². The topological polar surface area (TPSA) is 184 Å². The summed E-state index contributed by atoms with van der Waals surface area (Å²) in [6, 6.07) is 9.59. The molecule has 1 N–H and O–H groups in total. The summed E-state index contributed by atoms with van der Waals surface area (Å²) in [6.07, 6.45) is 0.934. The van der Waals surface area contributed by atoms with E-state index in [4.69, 9.17) is 9.47 Å². The highest BCUT2D eigenvalue weighted by atomic mass is 79.9. The molecule has 210 valence electrons. The number of benzene rings is 2. The minimum Gasteiger partial charge on any atom is -0.464 e. The lowest BCUT2D eigenvalue weighted by atomic mass is 9.84. The molecule has 0 atom stereocenters. The first-order valence-electron chi connectivity index (χ1n) is 11.8. The highest BCUT2D eigenvalue weighted by molar-refractivity contribution is 9.10. The summed E-state index contributed by atoms with van der Waals surface area (Å²) in [4.78, 5) is 62.0. The predicted octanol–water partition coefficient (Wildman–Crippen LogP) is 4.19. The summed E-state index contributed by atoms with van der Waals surface area (Å²) in [5.41, 5.74) is -0.538. The fourth-order valence-electron chi connectivity index (χ4n) is 4.09. The Morgan fingerprint density at radius 3 is 2.12 bits per heavy atom. The molecule has 0 aliphatic carbocycles. The van der Waals surface area contributed by atoms with Crippen LogP contribution in [0.15, 0.2) is 58.1 Å². The molecular weight excluding hydrogens is 594 g/mol. The number of hydrogen-bond acceptors (Lipinski definition) is 11. The number of anilines is 1. The average Bonchev–Trinajstić information content (AvgIpc) is 2.91. The standard InChI is InChI=1S/C25H24BrN5O9/c1-4-39-23(33)25(24(34)40-5-2)14-18(12-21(29(25)15(3)32)16-6-8-17(26)9-7-16)27-28-20-11-10-19(30(35)36)13-22(20)31(37)38/h6-13,28H,4-5,14H2,1-3H3/b27-18-. The van der Waals surface area contributed by atoms with Crippen LogP contribution in [0.2, 0.25) is 0 Å². The molecule has 40 heavy (non-hydrogen) atoms. The van der Waals surface area contributed by atoms with Crippen LogP contribution in [0.5, 0.6) is 0 Å². The van der Waals surface area contributed by atoms with Crippen LogP contribution in [0.1, 0.15) is 32.8 Å². The highest BCUT2D eigenvalue weighted by Gasteiger charge is 2.59. The Kier molecular flexibility index (Phi) is 9.31. The molecule has 0 aromatic heterocycles. The number of nitrogens with zero attached hydrogens (tertiary/aromatic N) is 4. The molecule has 1 aliphatic rings. The van der Waals surface area contributed by atoms with Gasteiger partial charge in [0.15, 0.2) is 0 Å². The maximum absolute atomic E-state index is 13.5. The second kappa shape index (κ2) is 12.5. The second-order valence-corrected chi connectivity index (χ2v) is 9.22. The van der Waals surface area contributed by atoms with Crippen LogP contribution in [0.4, 0.5) is 17.1 Å². The molecule has 0 spiro atoms. The van der Waals surface area contributed by atoms with Crippen LogP contribution in [0.25, 0.3) is 5.70 Å². The number of hydrazone groups is 1. The molecule has 0 saturated carbocycles. The first-order chi connectivity index (χ1) is 19.0. The Balaban J connectivity index is 2.26. The fourth-order valence-corrected chi connectivity index (χ4v) is 4.35. The number of nitrogens with one attached hydrogen (secondary N) is 1. The van der Waals surface area contributed by atoms with Crippen LogP contribution in [-0.2, 0) is 23.9 Å². The van der Waals surface area contributed by atoms with Gasteiger partial charge in [-0.05, 0) is 43.7 Å². The SMILES string of the molecule is CCOC(=O)C1(C(=O)OCC)C/C(=N\Nc2ccc([N+](=O)[O-])cc2[N+](=O)[O-])C=C(c2ccc(Br)cc2)N1C(C)=O. The van der Waals surface area contributed by atoms with E-state index in [1.807, 2.05) is 0 Å². The number of ether oxygens (including phenoxy) is 2. The zero-order valence-electron chi connectivity index (χ0n) is 21.6. The van der Waals surface area contributed by atoms with Gasteiger partial charge in [0.1, 0.15) is 5.69 Å². The summed E-state index contributed by atoms with van der Waals surface area (Å²) in [6.45, 7) is 4.03. The maximum atomic E-state index is 13.5. The monoisotopic (exact) mass is 617 g/mol. The van der Waals surface area contributed by atoms with Crippen LogP contribution in [-0.4, -0.2) is 57.1 Å². The number of nitro benzene ring substituents is 2. The normalized spacial score (nSPS) is 15.2. The Hall–Kier alpha value is -4.66. The smallest absolute Gasteiger partial charge is 0.344 e. The van der Waals surface area contributed by atoms with Crippen LogP contribution in [0, 0.1) is 20.2 Å². The van der Waals surface area contributed by atoms with Crippen molar-refractivity contribution in [3.05, 3.63) is 78.8 Å². The van der Waals surface area contributed by atoms with Crippen LogP contribution < -0.4 is 5.43 Å². The van der Waals surface area contributed by atoms with Crippen molar-refractivity contribution in [1.29, 1.82) is 0 Å². The van der Waals surface area contributed by atoms with Gasteiger partial charge in [-0.3, -0.25) is 35.3 Å². The molecule has 0 bridgehead atoms. The number of non-ortho nitro benzene ring substituents is 1. The number of amides is 1. The van der Waals surface area contributed by atoms with E-state index in [9.17, 15) is 34.6 Å². The first kappa shape index (κ1) is 29.9. The summed E-state index contributed by atoms with van der Waals surface area (Å²) in [7, 11) is 0. The fraction of sp³-hybridized carbons (Fsp3) is 0.280. The Morgan fingerprint density at radius 1 is 1.02 bits per heavy atom. The molecule has 2 aromatic rings. The van der Waals surface area contributed by atoms with Crippen LogP contribution >= 0.6 is 15.9 Å². The third-order valence-corrected chi connectivity index (χ3v) is 6.28. The lowest BCUT2D eigenvalue weighted by Crippen LogP contribution is -2.64. The van der Waals surface area contributed by atoms with Crippen molar-refractivity contribution in [3.8, 4) is 0 Å². The quantitative estimate of drug-likeness (QED) is 0.185. The number of halogens is 1. The molecule has 0 saturated heterocycles. The minimum atomic E-state index is -2.31. The van der Waals surface area contributed by atoms with Gasteiger partial charge in [0.25, 0.3) is 5.69 Å². The molecule has 0 fully saturated rings. The predicted molar refractivity (Wildman–Crippen MR) is 146 cm³/mol. The molecule has 1 aliphatic heterocycles. The van der Waals surface area contributed by atoms with E-state index in [1.54, 1.807) is 24.3 Å². The summed E-state index contributed by atoms with van der Waals surface area (Å²) >= 11 is 3.34. The van der Waals surface area contributed by atoms with Crippen molar-refractivity contribution in [2.45, 2.75) is 32.7 Å². The molecule has 1 heterocycles. The lowest BCUT2D eigenvalue weighted by Gasteiger charge is -2.42. The van der Waals surface area contributed by atoms with Crippen molar-refractivity contribution in [2.24, 2.45) is 5.10 Å². The summed E-state index contributed by atoms with van der Waals surface area (Å²) < 4.78 is 11.2. The first-order valence-corrected chi connectivity index (χ1v) is 12.6. The molecule has 15 heteroatoms. The van der Waals surface area contributed by atoms with E-state index in [0.29, 0.717) is 5.56 Å². The van der Waals surface area contributed by atoms with E-state index in [0.717, 1.165) is 27.6 Å². The lowest BCUT2D eigenvalue weighted by molar-refractivity contribution is -0.393. The largest absolute Gasteiger partial charge is 0.464 e. The molecule has 0 radical (unpaired) electrons. The van der Waals surface area contributed by atoms with E-state index >= 15 is 0 Å². The van der Waals surface area contributed by atoms with Crippen molar-refractivity contribution in [2.75, 3.05) is 18.6 Å². The van der Waals surface area contributed by atoms with Gasteiger partial charge in [-0.2, -0.15) is 5.10 Å². The van der Waals surface area contributed by atoms with Gasteiger partial charge in [0, 0.05) is 23.9 Å². The van der Waals surface area contributed by atoms with Crippen molar-refractivity contribution in [1.82, 2.24) is 4.90 Å². The Morgan fingerprint density at radius 2 is 1.62 bits per heavy atom. The molecule has 2 aromatic carbocycles. The second-order valence-electron chi connectivity index (χ2n) is 8.30. The number of rotatable bonds is 9. The summed E-state index contributed by atoms with van der Waals surface area (Å²) in [5, 5.41) is 26.8. The Bertz CT molecular complexity index is 1400. The third kappa shape index (κ3) is 5.98. The number of hydrogen-bond donors (Lipinski definition) is 1. The maximum Gasteiger partial charge on any atom is 0.344 e. The van der Waals surface area contributed by atoms with E-state index in [-0.39, 0.29) is 30.3 Å². The zero-order valence-corrected chi connectivity index (χ0v) is 23.2. The summed E-state index contributed by atoms with van der Waals surface area (Å²) in [5.74, 6) is -2.77. The van der Waals surface area contributed by atoms with Gasteiger partial charge in [-0.1, -0.05) is 28.1 Å². The van der Waals surface area contributed by atoms with Crippen molar-refractivity contribution >= 4 is 62.2 Å². The number of nitro groups is 2. The van der Waals surface area contributed by atoms with E-state index in [2.05, 4.69) is 26.5 Å². The van der Waals surface area contributed by atoms with Gasteiger partial charge in [0.05, 0.1) is 40.5 Å². The highest BCUT2D eigenvalue weighted by Crippen LogP contribution is 2.38. The molecule has 3 rings (SSSR count). The van der Waals surface area contributed by atoms with Gasteiger partial charge >= 0.3 is 17.6 Å².